The van der Waals surface area contributed by atoms with Crippen molar-refractivity contribution in [1.82, 2.24) is 0 Å². The molecular weight excluding hydrogens is 298 g/mol. The quantitative estimate of drug-likeness (QED) is 0.615. The molecule has 1 unspecified atom stereocenters. The number of Topliss-reactive ketones (excluding diaryl/α,β-unsaturated/α-hetero) is 1. The molecular formula is C15H18F2O3S. The number of esters is 1. The Balaban J connectivity index is 2.59. The van der Waals surface area contributed by atoms with Gasteiger partial charge in [0.15, 0.2) is 17.4 Å². The summed E-state index contributed by atoms with van der Waals surface area (Å²) in [5.41, 5.74) is -0.497. The van der Waals surface area contributed by atoms with Crippen molar-refractivity contribution in [3.8, 4) is 0 Å². The molecule has 116 valence electrons. The smallest absolute Gasteiger partial charge is 0.316 e. The standard InChI is InChI=1S/C15H18F2O3S/c1-9(21-8-13(18)20-15(2,3)4)14(19)10-5-6-11(16)12(17)7-10/h5-7,9H,8H2,1-4H3. The highest BCUT2D eigenvalue weighted by Crippen LogP contribution is 2.19. The molecule has 0 spiro atoms. The zero-order valence-electron chi connectivity index (χ0n) is 12.4. The van der Waals surface area contributed by atoms with Crippen LogP contribution in [0, 0.1) is 11.6 Å². The Bertz CT molecular complexity index is 538. The summed E-state index contributed by atoms with van der Waals surface area (Å²) in [6, 6.07) is 3.00. The lowest BCUT2D eigenvalue weighted by atomic mass is 10.1. The number of hydrogen-bond acceptors (Lipinski definition) is 4. The molecule has 0 amide bonds. The predicted octanol–water partition coefficient (Wildman–Crippen LogP) is 3.61. The van der Waals surface area contributed by atoms with Crippen LogP contribution >= 0.6 is 11.8 Å². The van der Waals surface area contributed by atoms with Gasteiger partial charge in [-0.05, 0) is 45.9 Å². The minimum Gasteiger partial charge on any atom is -0.459 e. The van der Waals surface area contributed by atoms with E-state index in [-0.39, 0.29) is 17.1 Å². The third-order valence-corrected chi connectivity index (χ3v) is 3.56. The Hall–Kier alpha value is -1.43. The summed E-state index contributed by atoms with van der Waals surface area (Å²) in [6.07, 6.45) is 0. The number of benzene rings is 1. The molecule has 21 heavy (non-hydrogen) atoms. The summed E-state index contributed by atoms with van der Waals surface area (Å²) in [4.78, 5) is 23.6. The Morgan fingerprint density at radius 3 is 2.38 bits per heavy atom. The predicted molar refractivity (Wildman–Crippen MR) is 78.5 cm³/mol. The van der Waals surface area contributed by atoms with E-state index in [1.807, 2.05) is 0 Å². The Kier molecular flexibility index (Phi) is 5.89. The molecule has 3 nitrogen and oxygen atoms in total. The van der Waals surface area contributed by atoms with Crippen LogP contribution in [0.15, 0.2) is 18.2 Å². The fourth-order valence-corrected chi connectivity index (χ4v) is 2.26. The first-order chi connectivity index (χ1) is 9.60. The van der Waals surface area contributed by atoms with Gasteiger partial charge in [-0.25, -0.2) is 8.78 Å². The molecule has 0 radical (unpaired) electrons. The van der Waals surface area contributed by atoms with Crippen LogP contribution < -0.4 is 0 Å². The maximum absolute atomic E-state index is 13.1. The molecule has 0 aliphatic heterocycles. The van der Waals surface area contributed by atoms with Crippen LogP contribution in [0.1, 0.15) is 38.1 Å². The largest absolute Gasteiger partial charge is 0.459 e. The van der Waals surface area contributed by atoms with Crippen molar-refractivity contribution < 1.29 is 23.1 Å². The summed E-state index contributed by atoms with van der Waals surface area (Å²) in [7, 11) is 0. The van der Waals surface area contributed by atoms with E-state index in [1.54, 1.807) is 27.7 Å². The Labute approximate surface area is 127 Å². The Morgan fingerprint density at radius 2 is 1.86 bits per heavy atom. The molecule has 0 aromatic heterocycles. The Morgan fingerprint density at radius 1 is 1.24 bits per heavy atom. The van der Waals surface area contributed by atoms with Gasteiger partial charge >= 0.3 is 5.97 Å². The lowest BCUT2D eigenvalue weighted by Gasteiger charge is -2.19. The first-order valence-electron chi connectivity index (χ1n) is 6.43. The second kappa shape index (κ2) is 7.02. The van der Waals surface area contributed by atoms with E-state index in [2.05, 4.69) is 0 Å². The first-order valence-corrected chi connectivity index (χ1v) is 7.48. The normalized spacial score (nSPS) is 12.9. The molecule has 1 aromatic rings. The van der Waals surface area contributed by atoms with Gasteiger partial charge < -0.3 is 4.74 Å². The topological polar surface area (TPSA) is 43.4 Å². The second-order valence-electron chi connectivity index (χ2n) is 5.53. The summed E-state index contributed by atoms with van der Waals surface area (Å²) in [5, 5.41) is -0.553. The van der Waals surface area contributed by atoms with E-state index in [0.717, 1.165) is 23.9 Å². The van der Waals surface area contributed by atoms with Crippen molar-refractivity contribution >= 4 is 23.5 Å². The monoisotopic (exact) mass is 316 g/mol. The highest BCUT2D eigenvalue weighted by Gasteiger charge is 2.21. The van der Waals surface area contributed by atoms with E-state index < -0.39 is 28.5 Å². The van der Waals surface area contributed by atoms with Crippen LogP contribution in [-0.4, -0.2) is 28.4 Å². The number of ether oxygens (including phenoxy) is 1. The van der Waals surface area contributed by atoms with E-state index in [4.69, 9.17) is 4.74 Å². The maximum atomic E-state index is 13.1. The van der Waals surface area contributed by atoms with Gasteiger partial charge in [0.05, 0.1) is 11.0 Å². The number of thioether (sulfide) groups is 1. The van der Waals surface area contributed by atoms with E-state index in [1.165, 1.54) is 6.07 Å². The molecule has 1 rings (SSSR count). The number of carbonyl (C=O) groups excluding carboxylic acids is 2. The number of rotatable bonds is 5. The van der Waals surface area contributed by atoms with Gasteiger partial charge in [0.25, 0.3) is 0 Å². The zero-order chi connectivity index (χ0) is 16.2. The minimum absolute atomic E-state index is 0.0217. The SMILES string of the molecule is CC(SCC(=O)OC(C)(C)C)C(=O)c1ccc(F)c(F)c1. The molecule has 0 heterocycles. The van der Waals surface area contributed by atoms with Gasteiger partial charge in [0.1, 0.15) is 5.60 Å². The van der Waals surface area contributed by atoms with E-state index in [9.17, 15) is 18.4 Å². The van der Waals surface area contributed by atoms with Crippen LogP contribution in [0.4, 0.5) is 8.78 Å². The van der Waals surface area contributed by atoms with Crippen LogP contribution in [0.2, 0.25) is 0 Å². The number of hydrogen-bond donors (Lipinski definition) is 0. The average Bonchev–Trinajstić information content (AvgIpc) is 2.36. The lowest BCUT2D eigenvalue weighted by Crippen LogP contribution is -2.26. The van der Waals surface area contributed by atoms with E-state index >= 15 is 0 Å². The van der Waals surface area contributed by atoms with Gasteiger partial charge in [-0.2, -0.15) is 0 Å². The van der Waals surface area contributed by atoms with Crippen LogP contribution in [-0.2, 0) is 9.53 Å². The number of ketones is 1. The van der Waals surface area contributed by atoms with Crippen molar-refractivity contribution in [3.05, 3.63) is 35.4 Å². The van der Waals surface area contributed by atoms with Crippen molar-refractivity contribution in [3.63, 3.8) is 0 Å². The van der Waals surface area contributed by atoms with Crippen LogP contribution in [0.25, 0.3) is 0 Å². The fraction of sp³-hybridized carbons (Fsp3) is 0.467. The van der Waals surface area contributed by atoms with Crippen LogP contribution in [0.3, 0.4) is 0 Å². The molecule has 0 aliphatic rings. The molecule has 0 N–H and O–H groups in total. The third kappa shape index (κ3) is 5.83. The van der Waals surface area contributed by atoms with Crippen molar-refractivity contribution in [2.45, 2.75) is 38.5 Å². The maximum Gasteiger partial charge on any atom is 0.316 e. The second-order valence-corrected chi connectivity index (χ2v) is 6.86. The highest BCUT2D eigenvalue weighted by molar-refractivity contribution is 8.01. The molecule has 0 saturated carbocycles. The molecule has 0 aliphatic carbocycles. The molecule has 6 heteroatoms. The summed E-state index contributed by atoms with van der Waals surface area (Å²) in [6.45, 7) is 6.88. The zero-order valence-corrected chi connectivity index (χ0v) is 13.2. The van der Waals surface area contributed by atoms with Crippen molar-refractivity contribution in [1.29, 1.82) is 0 Å². The van der Waals surface area contributed by atoms with E-state index in [0.29, 0.717) is 0 Å². The fourth-order valence-electron chi connectivity index (χ4n) is 1.52. The van der Waals surface area contributed by atoms with Crippen molar-refractivity contribution in [2.24, 2.45) is 0 Å². The first kappa shape index (κ1) is 17.6. The van der Waals surface area contributed by atoms with Gasteiger partial charge in [0, 0.05) is 5.56 Å². The average molecular weight is 316 g/mol. The van der Waals surface area contributed by atoms with Gasteiger partial charge in [-0.1, -0.05) is 0 Å². The minimum atomic E-state index is -1.06. The van der Waals surface area contributed by atoms with Crippen LogP contribution in [0.5, 0.6) is 0 Å². The molecule has 1 aromatic carbocycles. The summed E-state index contributed by atoms with van der Waals surface area (Å²) < 4.78 is 31.0. The highest BCUT2D eigenvalue weighted by atomic mass is 32.2. The van der Waals surface area contributed by atoms with Gasteiger partial charge in [-0.3, -0.25) is 9.59 Å². The molecule has 0 fully saturated rings. The van der Waals surface area contributed by atoms with Gasteiger partial charge in [-0.15, -0.1) is 11.8 Å². The number of carbonyl (C=O) groups is 2. The third-order valence-electron chi connectivity index (χ3n) is 2.44. The molecule has 0 bridgehead atoms. The summed E-state index contributed by atoms with van der Waals surface area (Å²) in [5.74, 6) is -2.82. The number of halogens is 2. The molecule has 0 saturated heterocycles. The van der Waals surface area contributed by atoms with Crippen molar-refractivity contribution in [2.75, 3.05) is 5.75 Å². The summed E-state index contributed by atoms with van der Waals surface area (Å²) >= 11 is 1.10. The molecule has 1 atom stereocenters. The lowest BCUT2D eigenvalue weighted by molar-refractivity contribution is -0.151. The van der Waals surface area contributed by atoms with Gasteiger partial charge in [0.2, 0.25) is 0 Å².